The van der Waals surface area contributed by atoms with E-state index < -0.39 is 23.5 Å². The van der Waals surface area contributed by atoms with Gasteiger partial charge in [-0.1, -0.05) is 17.7 Å². The van der Waals surface area contributed by atoms with Gasteiger partial charge in [0.05, 0.1) is 6.04 Å². The van der Waals surface area contributed by atoms with Crippen molar-refractivity contribution in [1.29, 1.82) is 0 Å². The zero-order valence-corrected chi connectivity index (χ0v) is 11.7. The van der Waals surface area contributed by atoms with E-state index in [2.05, 4.69) is 5.32 Å². The van der Waals surface area contributed by atoms with E-state index in [1.54, 1.807) is 0 Å². The van der Waals surface area contributed by atoms with Crippen LogP contribution in [-0.2, 0) is 0 Å². The third kappa shape index (κ3) is 2.67. The largest absolute Gasteiger partial charge is 0.309 e. The van der Waals surface area contributed by atoms with Crippen LogP contribution < -0.4 is 5.32 Å². The van der Waals surface area contributed by atoms with Gasteiger partial charge in [-0.25, -0.2) is 13.2 Å². The summed E-state index contributed by atoms with van der Waals surface area (Å²) in [5.74, 6) is -1.73. The molecule has 0 aliphatic carbocycles. The summed E-state index contributed by atoms with van der Waals surface area (Å²) in [5, 5.41) is 2.93. The molecule has 1 unspecified atom stereocenters. The number of halogens is 4. The summed E-state index contributed by atoms with van der Waals surface area (Å²) < 4.78 is 41.6. The average Bonchev–Trinajstić information content (AvgIpc) is 2.39. The average molecular weight is 300 g/mol. The second kappa shape index (κ2) is 5.85. The number of rotatable bonds is 3. The van der Waals surface area contributed by atoms with Crippen LogP contribution in [0.25, 0.3) is 0 Å². The van der Waals surface area contributed by atoms with E-state index in [1.807, 2.05) is 0 Å². The van der Waals surface area contributed by atoms with E-state index in [0.717, 1.165) is 12.1 Å². The van der Waals surface area contributed by atoms with Gasteiger partial charge in [-0.2, -0.15) is 0 Å². The van der Waals surface area contributed by atoms with Crippen molar-refractivity contribution in [3.05, 3.63) is 69.5 Å². The first-order chi connectivity index (χ1) is 9.45. The Kier molecular flexibility index (Phi) is 4.35. The fraction of sp³-hybridized carbons (Fsp3) is 0.200. The molecule has 0 saturated carbocycles. The fourth-order valence-electron chi connectivity index (χ4n) is 2.12. The van der Waals surface area contributed by atoms with Crippen molar-refractivity contribution >= 4 is 11.6 Å². The lowest BCUT2D eigenvalue weighted by atomic mass is 9.96. The van der Waals surface area contributed by atoms with Gasteiger partial charge in [0.15, 0.2) is 0 Å². The lowest BCUT2D eigenvalue weighted by Crippen LogP contribution is -2.21. The predicted molar refractivity (Wildman–Crippen MR) is 73.4 cm³/mol. The molecular weight excluding hydrogens is 287 g/mol. The Bertz CT molecular complexity index is 623. The molecule has 0 aliphatic rings. The van der Waals surface area contributed by atoms with Gasteiger partial charge in [-0.05, 0) is 43.8 Å². The van der Waals surface area contributed by atoms with Crippen LogP contribution in [-0.4, -0.2) is 7.05 Å². The molecule has 106 valence electrons. The lowest BCUT2D eigenvalue weighted by molar-refractivity contribution is 0.535. The molecule has 0 bridgehead atoms. The van der Waals surface area contributed by atoms with Crippen molar-refractivity contribution in [2.24, 2.45) is 0 Å². The van der Waals surface area contributed by atoms with E-state index in [9.17, 15) is 13.2 Å². The molecule has 2 aromatic carbocycles. The summed E-state index contributed by atoms with van der Waals surface area (Å²) in [7, 11) is 1.53. The van der Waals surface area contributed by atoms with Crippen LogP contribution in [0.4, 0.5) is 13.2 Å². The summed E-state index contributed by atoms with van der Waals surface area (Å²) in [6.07, 6.45) is 0. The molecule has 20 heavy (non-hydrogen) atoms. The van der Waals surface area contributed by atoms with Crippen LogP contribution in [0.3, 0.4) is 0 Å². The topological polar surface area (TPSA) is 12.0 Å². The summed E-state index contributed by atoms with van der Waals surface area (Å²) >= 11 is 5.98. The second-order valence-corrected chi connectivity index (χ2v) is 4.89. The first kappa shape index (κ1) is 14.9. The number of nitrogens with one attached hydrogen (secondary N) is 1. The van der Waals surface area contributed by atoms with Gasteiger partial charge in [-0.15, -0.1) is 0 Å². The Labute approximate surface area is 120 Å². The molecule has 0 amide bonds. The van der Waals surface area contributed by atoms with Crippen molar-refractivity contribution in [3.8, 4) is 0 Å². The molecule has 2 rings (SSSR count). The molecule has 5 heteroatoms. The normalized spacial score (nSPS) is 12.5. The van der Waals surface area contributed by atoms with Crippen LogP contribution >= 0.6 is 11.6 Å². The molecule has 0 spiro atoms. The van der Waals surface area contributed by atoms with E-state index in [4.69, 9.17) is 11.6 Å². The molecule has 0 heterocycles. The van der Waals surface area contributed by atoms with Gasteiger partial charge in [0.1, 0.15) is 17.5 Å². The molecule has 1 N–H and O–H groups in total. The van der Waals surface area contributed by atoms with Gasteiger partial charge in [0, 0.05) is 16.1 Å². The highest BCUT2D eigenvalue weighted by molar-refractivity contribution is 6.31. The predicted octanol–water partition coefficient (Wildman–Crippen LogP) is 4.37. The maximum atomic E-state index is 14.0. The van der Waals surface area contributed by atoms with Crippen LogP contribution in [0.1, 0.15) is 22.7 Å². The highest BCUT2D eigenvalue weighted by Crippen LogP contribution is 2.32. The Morgan fingerprint density at radius 3 is 2.35 bits per heavy atom. The summed E-state index contributed by atoms with van der Waals surface area (Å²) in [5.41, 5.74) is 0.308. The minimum atomic E-state index is -0.862. The summed E-state index contributed by atoms with van der Waals surface area (Å²) in [6.45, 7) is 1.46. The Hall–Kier alpha value is -1.52. The minimum absolute atomic E-state index is 0.0163. The third-order valence-electron chi connectivity index (χ3n) is 3.17. The minimum Gasteiger partial charge on any atom is -0.309 e. The smallest absolute Gasteiger partial charge is 0.129 e. The SMILES string of the molecule is CNC(c1cc(F)c(C)cc1F)c1c(F)cccc1Cl. The van der Waals surface area contributed by atoms with E-state index >= 15 is 0 Å². The summed E-state index contributed by atoms with van der Waals surface area (Å²) in [6, 6.07) is 5.48. The molecule has 0 aromatic heterocycles. The third-order valence-corrected chi connectivity index (χ3v) is 3.50. The quantitative estimate of drug-likeness (QED) is 0.887. The molecule has 1 atom stereocenters. The van der Waals surface area contributed by atoms with E-state index in [0.29, 0.717) is 0 Å². The number of aryl methyl sites for hydroxylation is 1. The van der Waals surface area contributed by atoms with E-state index in [1.165, 1.54) is 32.2 Å². The highest BCUT2D eigenvalue weighted by atomic mass is 35.5. The van der Waals surface area contributed by atoms with Gasteiger partial charge < -0.3 is 5.32 Å². The molecule has 1 nitrogen and oxygen atoms in total. The number of benzene rings is 2. The Morgan fingerprint density at radius 1 is 1.05 bits per heavy atom. The van der Waals surface area contributed by atoms with Gasteiger partial charge in [0.25, 0.3) is 0 Å². The number of hydrogen-bond donors (Lipinski definition) is 1. The standard InChI is InChI=1S/C15H13ClF3N/c1-8-6-13(19)9(7-12(8)18)15(20-2)14-10(16)4-3-5-11(14)17/h3-7,15,20H,1-2H3. The van der Waals surface area contributed by atoms with Gasteiger partial charge in [-0.3, -0.25) is 0 Å². The summed E-state index contributed by atoms with van der Waals surface area (Å²) in [4.78, 5) is 0. The monoisotopic (exact) mass is 299 g/mol. The van der Waals surface area contributed by atoms with Crippen LogP contribution in [0.5, 0.6) is 0 Å². The van der Waals surface area contributed by atoms with Crippen molar-refractivity contribution in [3.63, 3.8) is 0 Å². The van der Waals surface area contributed by atoms with Crippen molar-refractivity contribution in [1.82, 2.24) is 5.32 Å². The fourth-order valence-corrected chi connectivity index (χ4v) is 2.40. The van der Waals surface area contributed by atoms with Crippen LogP contribution in [0.2, 0.25) is 5.02 Å². The molecule has 0 saturated heterocycles. The van der Waals surface area contributed by atoms with Crippen molar-refractivity contribution in [2.45, 2.75) is 13.0 Å². The maximum Gasteiger partial charge on any atom is 0.129 e. The molecule has 0 fully saturated rings. The van der Waals surface area contributed by atoms with Gasteiger partial charge >= 0.3 is 0 Å². The van der Waals surface area contributed by atoms with Crippen molar-refractivity contribution in [2.75, 3.05) is 7.05 Å². The molecule has 0 aliphatic heterocycles. The van der Waals surface area contributed by atoms with Crippen LogP contribution in [0, 0.1) is 24.4 Å². The molecule has 2 aromatic rings. The second-order valence-electron chi connectivity index (χ2n) is 4.48. The molecular formula is C15H13ClF3N. The zero-order chi connectivity index (χ0) is 14.9. The van der Waals surface area contributed by atoms with Crippen molar-refractivity contribution < 1.29 is 13.2 Å². The Morgan fingerprint density at radius 2 is 1.75 bits per heavy atom. The first-order valence-corrected chi connectivity index (χ1v) is 6.40. The molecule has 0 radical (unpaired) electrons. The lowest BCUT2D eigenvalue weighted by Gasteiger charge is -2.20. The van der Waals surface area contributed by atoms with Gasteiger partial charge in [0.2, 0.25) is 0 Å². The first-order valence-electron chi connectivity index (χ1n) is 6.02. The zero-order valence-electron chi connectivity index (χ0n) is 11.0. The van der Waals surface area contributed by atoms with Crippen LogP contribution in [0.15, 0.2) is 30.3 Å². The Balaban J connectivity index is 2.62. The maximum absolute atomic E-state index is 14.0. The van der Waals surface area contributed by atoms with E-state index in [-0.39, 0.29) is 21.7 Å². The number of hydrogen-bond acceptors (Lipinski definition) is 1. The highest BCUT2D eigenvalue weighted by Gasteiger charge is 2.23.